The number of hydrogen-bond donors (Lipinski definition) is 1. The molecule has 0 aliphatic carbocycles. The second-order valence-electron chi connectivity index (χ2n) is 4.71. The van der Waals surface area contributed by atoms with Crippen molar-refractivity contribution in [2.75, 3.05) is 5.32 Å². The molecule has 0 bridgehead atoms. The second-order valence-corrected chi connectivity index (χ2v) is 4.71. The first-order valence-electron chi connectivity index (χ1n) is 6.63. The lowest BCUT2D eigenvalue weighted by atomic mass is 10.2. The summed E-state index contributed by atoms with van der Waals surface area (Å²) in [7, 11) is 0. The number of carbonyl (C=O) groups is 1. The third-order valence-electron chi connectivity index (χ3n) is 2.90. The molecular weight excluding hydrogens is 327 g/mol. The van der Waals surface area contributed by atoms with Crippen LogP contribution in [0.25, 0.3) is 5.82 Å². The van der Waals surface area contributed by atoms with Gasteiger partial charge in [-0.05, 0) is 12.1 Å². The molecule has 0 unspecified atom stereocenters. The van der Waals surface area contributed by atoms with Gasteiger partial charge in [-0.2, -0.15) is 23.4 Å². The summed E-state index contributed by atoms with van der Waals surface area (Å²) >= 11 is 0. The molecule has 124 valence electrons. The maximum Gasteiger partial charge on any atom is 0.408 e. The minimum atomic E-state index is -4.39. The summed E-state index contributed by atoms with van der Waals surface area (Å²) in [5.74, 6) is -0.310. The van der Waals surface area contributed by atoms with Gasteiger partial charge in [0.1, 0.15) is 19.2 Å². The molecule has 0 atom stereocenters. The first-order valence-corrected chi connectivity index (χ1v) is 6.63. The van der Waals surface area contributed by atoms with Crippen LogP contribution >= 0.6 is 0 Å². The fourth-order valence-electron chi connectivity index (χ4n) is 1.97. The summed E-state index contributed by atoms with van der Waals surface area (Å²) < 4.78 is 38.9. The third-order valence-corrected chi connectivity index (χ3v) is 2.90. The van der Waals surface area contributed by atoms with E-state index in [0.717, 1.165) is 12.4 Å². The van der Waals surface area contributed by atoms with Gasteiger partial charge < -0.3 is 5.32 Å². The van der Waals surface area contributed by atoms with Crippen LogP contribution in [0.5, 0.6) is 0 Å². The highest BCUT2D eigenvalue weighted by molar-refractivity contribution is 6.06. The Balaban J connectivity index is 1.79. The minimum absolute atomic E-state index is 0.137. The molecule has 0 aliphatic rings. The molecule has 0 radical (unpaired) electrons. The number of aromatic nitrogens is 6. The van der Waals surface area contributed by atoms with E-state index in [1.165, 1.54) is 29.6 Å². The summed E-state index contributed by atoms with van der Waals surface area (Å²) in [6.45, 7) is -1.24. The van der Waals surface area contributed by atoms with E-state index in [2.05, 4.69) is 25.5 Å². The van der Waals surface area contributed by atoms with Crippen LogP contribution in [-0.4, -0.2) is 41.6 Å². The van der Waals surface area contributed by atoms with Gasteiger partial charge in [0.2, 0.25) is 0 Å². The van der Waals surface area contributed by atoms with E-state index in [9.17, 15) is 18.0 Å². The minimum Gasteiger partial charge on any atom is -0.319 e. The molecule has 0 saturated heterocycles. The van der Waals surface area contributed by atoms with E-state index in [1.807, 2.05) is 0 Å². The largest absolute Gasteiger partial charge is 0.408 e. The topological polar surface area (TPSA) is 90.5 Å². The number of rotatable bonds is 4. The van der Waals surface area contributed by atoms with Crippen molar-refractivity contribution < 1.29 is 18.0 Å². The Morgan fingerprint density at radius 1 is 1.29 bits per heavy atom. The number of amides is 1. The van der Waals surface area contributed by atoms with Crippen LogP contribution < -0.4 is 5.32 Å². The molecule has 8 nitrogen and oxygen atoms in total. The Kier molecular flexibility index (Phi) is 3.98. The highest BCUT2D eigenvalue weighted by atomic mass is 19.4. The maximum absolute atomic E-state index is 12.4. The first kappa shape index (κ1) is 15.6. The molecule has 0 saturated carbocycles. The van der Waals surface area contributed by atoms with Crippen LogP contribution in [0.1, 0.15) is 10.4 Å². The maximum atomic E-state index is 12.4. The number of anilines is 1. The number of carbonyl (C=O) groups excluding carboxylic acids is 1. The summed E-state index contributed by atoms with van der Waals surface area (Å²) in [4.78, 5) is 20.2. The van der Waals surface area contributed by atoms with Crippen LogP contribution in [0, 0.1) is 0 Å². The Morgan fingerprint density at radius 3 is 2.83 bits per heavy atom. The molecule has 24 heavy (non-hydrogen) atoms. The molecule has 3 aromatic heterocycles. The monoisotopic (exact) mass is 337 g/mol. The van der Waals surface area contributed by atoms with Gasteiger partial charge >= 0.3 is 6.18 Å². The second kappa shape index (κ2) is 6.10. The highest BCUT2D eigenvalue weighted by Crippen LogP contribution is 2.18. The van der Waals surface area contributed by atoms with Crippen LogP contribution in [0.2, 0.25) is 0 Å². The van der Waals surface area contributed by atoms with Gasteiger partial charge in [0.05, 0.1) is 17.4 Å². The molecule has 3 rings (SSSR count). The fraction of sp³-hybridized carbons (Fsp3) is 0.154. The van der Waals surface area contributed by atoms with Crippen molar-refractivity contribution in [1.29, 1.82) is 0 Å². The zero-order valence-electron chi connectivity index (χ0n) is 12.0. The van der Waals surface area contributed by atoms with Gasteiger partial charge in [-0.1, -0.05) is 0 Å². The van der Waals surface area contributed by atoms with Crippen LogP contribution in [0.15, 0.2) is 43.4 Å². The van der Waals surface area contributed by atoms with E-state index in [4.69, 9.17) is 0 Å². The van der Waals surface area contributed by atoms with Crippen molar-refractivity contribution in [1.82, 2.24) is 29.5 Å². The molecular formula is C13H10F3N7O. The smallest absolute Gasteiger partial charge is 0.319 e. The summed E-state index contributed by atoms with van der Waals surface area (Å²) in [6.07, 6.45) is 1.98. The molecule has 1 amide bonds. The van der Waals surface area contributed by atoms with Gasteiger partial charge in [-0.25, -0.2) is 14.6 Å². The molecule has 1 N–H and O–H groups in total. The summed E-state index contributed by atoms with van der Waals surface area (Å²) in [5.41, 5.74) is 0.323. The highest BCUT2D eigenvalue weighted by Gasteiger charge is 2.28. The predicted octanol–water partition coefficient (Wildman–Crippen LogP) is 1.67. The van der Waals surface area contributed by atoms with E-state index < -0.39 is 18.6 Å². The fourth-order valence-corrected chi connectivity index (χ4v) is 1.97. The molecule has 0 fully saturated rings. The van der Waals surface area contributed by atoms with Crippen molar-refractivity contribution in [2.45, 2.75) is 12.7 Å². The number of nitrogens with one attached hydrogen (secondary N) is 1. The van der Waals surface area contributed by atoms with Crippen LogP contribution in [0.4, 0.5) is 18.9 Å². The SMILES string of the molecule is O=C(Nc1cnn(CC(F)(F)F)c1)c1cccnc1-n1cncn1. The van der Waals surface area contributed by atoms with E-state index >= 15 is 0 Å². The summed E-state index contributed by atoms with van der Waals surface area (Å²) in [5, 5.41) is 9.94. The molecule has 3 heterocycles. The van der Waals surface area contributed by atoms with Crippen molar-refractivity contribution in [2.24, 2.45) is 0 Å². The Morgan fingerprint density at radius 2 is 2.12 bits per heavy atom. The van der Waals surface area contributed by atoms with Crippen molar-refractivity contribution in [3.8, 4) is 5.82 Å². The van der Waals surface area contributed by atoms with Gasteiger partial charge in [0.15, 0.2) is 5.82 Å². The zero-order chi connectivity index (χ0) is 17.2. The molecule has 0 aromatic carbocycles. The van der Waals surface area contributed by atoms with E-state index in [1.54, 1.807) is 6.07 Å². The Hall–Kier alpha value is -3.24. The van der Waals surface area contributed by atoms with Crippen LogP contribution in [0.3, 0.4) is 0 Å². The van der Waals surface area contributed by atoms with Crippen LogP contribution in [-0.2, 0) is 6.54 Å². The van der Waals surface area contributed by atoms with Crippen molar-refractivity contribution in [3.05, 3.63) is 48.9 Å². The van der Waals surface area contributed by atoms with Gasteiger partial charge in [-0.15, -0.1) is 0 Å². The molecule has 0 spiro atoms. The van der Waals surface area contributed by atoms with E-state index in [-0.39, 0.29) is 17.1 Å². The zero-order valence-corrected chi connectivity index (χ0v) is 12.0. The van der Waals surface area contributed by atoms with Gasteiger partial charge in [-0.3, -0.25) is 9.48 Å². The third kappa shape index (κ3) is 3.56. The van der Waals surface area contributed by atoms with E-state index in [0.29, 0.717) is 4.68 Å². The normalized spacial score (nSPS) is 11.5. The number of nitrogens with zero attached hydrogens (tertiary/aromatic N) is 6. The number of pyridine rings is 1. The average molecular weight is 337 g/mol. The number of alkyl halides is 3. The lowest BCUT2D eigenvalue weighted by Crippen LogP contribution is -2.18. The van der Waals surface area contributed by atoms with Crippen molar-refractivity contribution in [3.63, 3.8) is 0 Å². The number of halogens is 3. The molecule has 3 aromatic rings. The lowest BCUT2D eigenvalue weighted by molar-refractivity contribution is -0.142. The van der Waals surface area contributed by atoms with Gasteiger partial charge in [0, 0.05) is 12.4 Å². The first-order chi connectivity index (χ1) is 11.4. The summed E-state index contributed by atoms with van der Waals surface area (Å²) in [6, 6.07) is 3.07. The standard InChI is InChI=1S/C13H10F3N7O/c14-13(15,16)6-22-5-9(4-19-22)21-12(24)10-2-1-3-18-11(10)23-8-17-7-20-23/h1-5,7-8H,6H2,(H,21,24). The predicted molar refractivity (Wildman–Crippen MR) is 75.4 cm³/mol. The quantitative estimate of drug-likeness (QED) is 0.782. The Bertz CT molecular complexity index is 841. The van der Waals surface area contributed by atoms with Gasteiger partial charge in [0.25, 0.3) is 5.91 Å². The number of hydrogen-bond acceptors (Lipinski definition) is 5. The van der Waals surface area contributed by atoms with Crippen molar-refractivity contribution >= 4 is 11.6 Å². The Labute approximate surface area is 133 Å². The average Bonchev–Trinajstić information content (AvgIpc) is 3.17. The molecule has 0 aliphatic heterocycles. The molecule has 11 heteroatoms. The lowest BCUT2D eigenvalue weighted by Gasteiger charge is -2.07.